The van der Waals surface area contributed by atoms with E-state index < -0.39 is 5.91 Å². The molecule has 2 aromatic carbocycles. The average molecular weight is 441 g/mol. The monoisotopic (exact) mass is 440 g/mol. The van der Waals surface area contributed by atoms with Crippen LogP contribution in [-0.4, -0.2) is 10.9 Å². The van der Waals surface area contributed by atoms with Crippen LogP contribution in [0.3, 0.4) is 0 Å². The highest BCUT2D eigenvalue weighted by atomic mass is 32.1. The standard InChI is InChI=1S/C27H21FN2OS/c1-2-3-4-5-23-24(18-6-8-21(9-7-18)27(29)31)25(19-14-16-30-17-15-19)26(32-23)20-10-12-22(28)13-11-20/h6-17H,2-3H2,1H3,(H2,29,31). The number of nitrogens with two attached hydrogens (primary N) is 1. The van der Waals surface area contributed by atoms with Gasteiger partial charge in [-0.3, -0.25) is 9.78 Å². The van der Waals surface area contributed by atoms with Crippen molar-refractivity contribution in [3.63, 3.8) is 0 Å². The predicted octanol–water partition coefficient (Wildman–Crippen LogP) is 6.53. The van der Waals surface area contributed by atoms with Gasteiger partial charge in [0.2, 0.25) is 5.91 Å². The number of unbranched alkanes of at least 4 members (excludes halogenated alkanes) is 1. The van der Waals surface area contributed by atoms with Gasteiger partial charge in [0.25, 0.3) is 0 Å². The summed E-state index contributed by atoms with van der Waals surface area (Å²) in [6.45, 7) is 2.10. The molecule has 0 aliphatic rings. The molecule has 2 aromatic heterocycles. The van der Waals surface area contributed by atoms with Crippen molar-refractivity contribution in [3.8, 4) is 44.5 Å². The minimum atomic E-state index is -0.466. The largest absolute Gasteiger partial charge is 0.366 e. The Morgan fingerprint density at radius 2 is 1.56 bits per heavy atom. The smallest absolute Gasteiger partial charge is 0.248 e. The summed E-state index contributed by atoms with van der Waals surface area (Å²) in [5.41, 5.74) is 10.7. The van der Waals surface area contributed by atoms with E-state index in [0.717, 1.165) is 50.4 Å². The summed E-state index contributed by atoms with van der Waals surface area (Å²) in [6, 6.07) is 17.7. The Labute approximate surface area is 190 Å². The van der Waals surface area contributed by atoms with Crippen molar-refractivity contribution in [1.29, 1.82) is 0 Å². The van der Waals surface area contributed by atoms with Gasteiger partial charge in [-0.1, -0.05) is 43.0 Å². The first-order valence-corrected chi connectivity index (χ1v) is 11.1. The Balaban J connectivity index is 2.01. The molecule has 0 spiro atoms. The molecule has 0 aliphatic heterocycles. The van der Waals surface area contributed by atoms with Gasteiger partial charge in [-0.15, -0.1) is 11.3 Å². The molecular weight excluding hydrogens is 419 g/mol. The third kappa shape index (κ3) is 4.46. The van der Waals surface area contributed by atoms with Gasteiger partial charge >= 0.3 is 0 Å². The number of nitrogens with zero attached hydrogens (tertiary/aromatic N) is 1. The number of halogens is 1. The summed E-state index contributed by atoms with van der Waals surface area (Å²) in [5.74, 6) is 5.86. The lowest BCUT2D eigenvalue weighted by molar-refractivity contribution is 0.100. The lowest BCUT2D eigenvalue weighted by Crippen LogP contribution is -2.10. The summed E-state index contributed by atoms with van der Waals surface area (Å²) in [7, 11) is 0. The minimum absolute atomic E-state index is 0.277. The molecule has 1 amide bonds. The molecule has 4 rings (SSSR count). The third-order valence-corrected chi connectivity index (χ3v) is 6.17. The van der Waals surface area contributed by atoms with Crippen LogP contribution in [0.2, 0.25) is 0 Å². The van der Waals surface area contributed by atoms with Gasteiger partial charge in [0.05, 0.1) is 4.88 Å². The first kappa shape index (κ1) is 21.5. The van der Waals surface area contributed by atoms with Crippen molar-refractivity contribution in [1.82, 2.24) is 4.98 Å². The van der Waals surface area contributed by atoms with Crippen LogP contribution in [0.4, 0.5) is 4.39 Å². The van der Waals surface area contributed by atoms with Crippen LogP contribution in [0.1, 0.15) is 35.0 Å². The Kier molecular flexibility index (Phi) is 6.44. The highest BCUT2D eigenvalue weighted by molar-refractivity contribution is 7.17. The van der Waals surface area contributed by atoms with Crippen LogP contribution in [-0.2, 0) is 0 Å². The first-order chi connectivity index (χ1) is 15.6. The van der Waals surface area contributed by atoms with Crippen molar-refractivity contribution in [2.24, 2.45) is 5.73 Å². The summed E-state index contributed by atoms with van der Waals surface area (Å²) in [5, 5.41) is 0. The van der Waals surface area contributed by atoms with E-state index in [1.807, 2.05) is 24.3 Å². The molecule has 158 valence electrons. The number of carbonyl (C=O) groups excluding carboxylic acids is 1. The molecule has 2 heterocycles. The number of thiophene rings is 1. The zero-order valence-corrected chi connectivity index (χ0v) is 18.4. The number of hydrogen-bond donors (Lipinski definition) is 1. The van der Waals surface area contributed by atoms with Gasteiger partial charge in [0.15, 0.2) is 0 Å². The van der Waals surface area contributed by atoms with Crippen LogP contribution >= 0.6 is 11.3 Å². The van der Waals surface area contributed by atoms with Crippen molar-refractivity contribution < 1.29 is 9.18 Å². The fourth-order valence-corrected chi connectivity index (χ4v) is 4.69. The van der Waals surface area contributed by atoms with Crippen LogP contribution < -0.4 is 5.73 Å². The van der Waals surface area contributed by atoms with Gasteiger partial charge in [-0.2, -0.15) is 0 Å². The van der Waals surface area contributed by atoms with Gasteiger partial charge in [-0.25, -0.2) is 4.39 Å². The number of pyridine rings is 1. The molecule has 4 aromatic rings. The molecule has 0 bridgehead atoms. The molecule has 0 atom stereocenters. The second kappa shape index (κ2) is 9.59. The Morgan fingerprint density at radius 1 is 0.938 bits per heavy atom. The van der Waals surface area contributed by atoms with Crippen molar-refractivity contribution in [2.75, 3.05) is 0 Å². The second-order valence-electron chi connectivity index (χ2n) is 7.25. The minimum Gasteiger partial charge on any atom is -0.366 e. The van der Waals surface area contributed by atoms with Crippen LogP contribution in [0.15, 0.2) is 73.1 Å². The number of carbonyl (C=O) groups is 1. The quantitative estimate of drug-likeness (QED) is 0.359. The highest BCUT2D eigenvalue weighted by Crippen LogP contribution is 2.47. The first-order valence-electron chi connectivity index (χ1n) is 10.3. The summed E-state index contributed by atoms with van der Waals surface area (Å²) in [6.07, 6.45) is 5.28. The zero-order valence-electron chi connectivity index (χ0n) is 17.6. The maximum atomic E-state index is 13.6. The summed E-state index contributed by atoms with van der Waals surface area (Å²) < 4.78 is 13.6. The molecular formula is C27H21FN2OS. The van der Waals surface area contributed by atoms with Crippen LogP contribution in [0.5, 0.6) is 0 Å². The van der Waals surface area contributed by atoms with E-state index in [1.165, 1.54) is 12.1 Å². The number of primary amides is 1. The lowest BCUT2D eigenvalue weighted by atomic mass is 9.93. The van der Waals surface area contributed by atoms with E-state index in [9.17, 15) is 9.18 Å². The molecule has 0 saturated carbocycles. The van der Waals surface area contributed by atoms with Gasteiger partial charge < -0.3 is 5.73 Å². The number of rotatable bonds is 5. The number of amides is 1. The van der Waals surface area contributed by atoms with E-state index in [0.29, 0.717) is 5.56 Å². The summed E-state index contributed by atoms with van der Waals surface area (Å²) >= 11 is 1.59. The van der Waals surface area contributed by atoms with Gasteiger partial charge in [0.1, 0.15) is 5.82 Å². The van der Waals surface area contributed by atoms with E-state index in [-0.39, 0.29) is 5.82 Å². The number of benzene rings is 2. The van der Waals surface area contributed by atoms with Crippen LogP contribution in [0, 0.1) is 17.7 Å². The normalized spacial score (nSPS) is 10.4. The fourth-order valence-electron chi connectivity index (χ4n) is 3.46. The van der Waals surface area contributed by atoms with E-state index in [1.54, 1.807) is 48.0 Å². The van der Waals surface area contributed by atoms with Crippen molar-refractivity contribution >= 4 is 17.2 Å². The SMILES string of the molecule is CCCC#Cc1sc(-c2ccc(F)cc2)c(-c2ccncc2)c1-c1ccc(C(N)=O)cc1. The third-order valence-electron chi connectivity index (χ3n) is 5.02. The Bertz CT molecular complexity index is 1300. The Hall–Kier alpha value is -3.75. The maximum absolute atomic E-state index is 13.6. The predicted molar refractivity (Wildman–Crippen MR) is 129 cm³/mol. The van der Waals surface area contributed by atoms with E-state index in [4.69, 9.17) is 5.73 Å². The molecule has 0 radical (unpaired) electrons. The molecule has 2 N–H and O–H groups in total. The summed E-state index contributed by atoms with van der Waals surface area (Å²) in [4.78, 5) is 17.7. The lowest BCUT2D eigenvalue weighted by Gasteiger charge is -2.10. The molecule has 5 heteroatoms. The molecule has 3 nitrogen and oxygen atoms in total. The van der Waals surface area contributed by atoms with Gasteiger partial charge in [0, 0.05) is 40.4 Å². The van der Waals surface area contributed by atoms with Crippen molar-refractivity contribution in [3.05, 3.63) is 89.3 Å². The average Bonchev–Trinajstić information content (AvgIpc) is 3.19. The fraction of sp³-hybridized carbons (Fsp3) is 0.111. The number of hydrogen-bond acceptors (Lipinski definition) is 3. The van der Waals surface area contributed by atoms with E-state index in [2.05, 4.69) is 23.7 Å². The maximum Gasteiger partial charge on any atom is 0.248 e. The Morgan fingerprint density at radius 3 is 2.19 bits per heavy atom. The molecule has 0 fully saturated rings. The zero-order chi connectivity index (χ0) is 22.5. The number of aromatic nitrogens is 1. The van der Waals surface area contributed by atoms with Gasteiger partial charge in [-0.05, 0) is 59.5 Å². The molecule has 0 unspecified atom stereocenters. The molecule has 0 saturated heterocycles. The van der Waals surface area contributed by atoms with E-state index >= 15 is 0 Å². The molecule has 32 heavy (non-hydrogen) atoms. The van der Waals surface area contributed by atoms with Crippen molar-refractivity contribution in [2.45, 2.75) is 19.8 Å². The molecule has 0 aliphatic carbocycles. The topological polar surface area (TPSA) is 56.0 Å². The highest BCUT2D eigenvalue weighted by Gasteiger charge is 2.21. The second-order valence-corrected chi connectivity index (χ2v) is 8.27. The van der Waals surface area contributed by atoms with Crippen LogP contribution in [0.25, 0.3) is 32.7 Å².